The van der Waals surface area contributed by atoms with E-state index in [1.54, 1.807) is 4.90 Å². The first-order valence-electron chi connectivity index (χ1n) is 8.24. The van der Waals surface area contributed by atoms with E-state index in [2.05, 4.69) is 0 Å². The summed E-state index contributed by atoms with van der Waals surface area (Å²) in [5.74, 6) is 0. The van der Waals surface area contributed by atoms with Gasteiger partial charge in [-0.15, -0.1) is 0 Å². The minimum Gasteiger partial charge on any atom is -0.444 e. The van der Waals surface area contributed by atoms with E-state index >= 15 is 0 Å². The van der Waals surface area contributed by atoms with Crippen LogP contribution in [0.25, 0.3) is 0 Å². The molecule has 2 N–H and O–H groups in total. The quantitative estimate of drug-likeness (QED) is 0.930. The van der Waals surface area contributed by atoms with Crippen molar-refractivity contribution in [1.29, 1.82) is 0 Å². The molecule has 0 spiro atoms. The first kappa shape index (κ1) is 17.8. The van der Waals surface area contributed by atoms with Gasteiger partial charge in [-0.25, -0.2) is 4.79 Å². The summed E-state index contributed by atoms with van der Waals surface area (Å²) in [5, 5.41) is 0. The Morgan fingerprint density at radius 2 is 2.00 bits per heavy atom. The SMILES string of the molecule is CC(C)(C)OC(=O)N1CCC[C@@H](OCc2ccccc2)[C@H](N)C1. The van der Waals surface area contributed by atoms with Crippen LogP contribution in [-0.2, 0) is 16.1 Å². The van der Waals surface area contributed by atoms with Gasteiger partial charge in [-0.05, 0) is 39.2 Å². The topological polar surface area (TPSA) is 64.8 Å². The molecule has 0 aliphatic carbocycles. The number of carbonyl (C=O) groups excluding carboxylic acids is 1. The second kappa shape index (κ2) is 7.79. The number of carbonyl (C=O) groups is 1. The standard InChI is InChI=1S/C18H28N2O3/c1-18(2,3)23-17(21)20-11-7-10-16(15(19)12-20)22-13-14-8-5-4-6-9-14/h4-6,8-9,15-16H,7,10-13,19H2,1-3H3/t15-,16-/m1/s1. The van der Waals surface area contributed by atoms with E-state index in [9.17, 15) is 4.79 Å². The van der Waals surface area contributed by atoms with E-state index in [0.717, 1.165) is 18.4 Å². The van der Waals surface area contributed by atoms with Crippen LogP contribution in [-0.4, -0.2) is 41.8 Å². The number of ether oxygens (including phenoxy) is 2. The lowest BCUT2D eigenvalue weighted by molar-refractivity contribution is 0.0113. The summed E-state index contributed by atoms with van der Waals surface area (Å²) >= 11 is 0. The molecule has 0 unspecified atom stereocenters. The Morgan fingerprint density at radius 1 is 1.30 bits per heavy atom. The average molecular weight is 320 g/mol. The number of nitrogens with zero attached hydrogens (tertiary/aromatic N) is 1. The van der Waals surface area contributed by atoms with Gasteiger partial charge < -0.3 is 20.1 Å². The van der Waals surface area contributed by atoms with Gasteiger partial charge in [0.2, 0.25) is 0 Å². The summed E-state index contributed by atoms with van der Waals surface area (Å²) in [4.78, 5) is 13.9. The van der Waals surface area contributed by atoms with Crippen molar-refractivity contribution in [2.75, 3.05) is 13.1 Å². The van der Waals surface area contributed by atoms with Crippen molar-refractivity contribution < 1.29 is 14.3 Å². The first-order chi connectivity index (χ1) is 10.8. The van der Waals surface area contributed by atoms with Gasteiger partial charge in [0.05, 0.1) is 12.7 Å². The second-order valence-corrected chi connectivity index (χ2v) is 7.07. The van der Waals surface area contributed by atoms with Gasteiger partial charge in [0, 0.05) is 19.1 Å². The van der Waals surface area contributed by atoms with Gasteiger partial charge in [-0.3, -0.25) is 0 Å². The summed E-state index contributed by atoms with van der Waals surface area (Å²) in [6.07, 6.45) is 1.39. The maximum atomic E-state index is 12.2. The van der Waals surface area contributed by atoms with E-state index in [-0.39, 0.29) is 18.2 Å². The Morgan fingerprint density at radius 3 is 2.65 bits per heavy atom. The maximum absolute atomic E-state index is 12.2. The highest BCUT2D eigenvalue weighted by atomic mass is 16.6. The highest BCUT2D eigenvalue weighted by Gasteiger charge is 2.30. The minimum atomic E-state index is -0.489. The third-order valence-electron chi connectivity index (χ3n) is 3.78. The molecule has 128 valence electrons. The van der Waals surface area contributed by atoms with Crippen LogP contribution in [0, 0.1) is 0 Å². The summed E-state index contributed by atoms with van der Waals surface area (Å²) in [5.41, 5.74) is 6.90. The molecular formula is C18H28N2O3. The Balaban J connectivity index is 1.88. The maximum Gasteiger partial charge on any atom is 0.410 e. The van der Waals surface area contributed by atoms with Crippen molar-refractivity contribution in [3.05, 3.63) is 35.9 Å². The van der Waals surface area contributed by atoms with Crippen molar-refractivity contribution in [2.24, 2.45) is 5.73 Å². The summed E-state index contributed by atoms with van der Waals surface area (Å²) in [7, 11) is 0. The fraction of sp³-hybridized carbons (Fsp3) is 0.611. The fourth-order valence-electron chi connectivity index (χ4n) is 2.64. The number of rotatable bonds is 3. The predicted molar refractivity (Wildman–Crippen MR) is 90.0 cm³/mol. The van der Waals surface area contributed by atoms with Crippen LogP contribution in [0.3, 0.4) is 0 Å². The molecule has 0 saturated carbocycles. The van der Waals surface area contributed by atoms with Crippen molar-refractivity contribution in [2.45, 2.75) is 58.0 Å². The zero-order chi connectivity index (χ0) is 16.9. The molecule has 5 heteroatoms. The average Bonchev–Trinajstić information content (AvgIpc) is 2.66. The van der Waals surface area contributed by atoms with Crippen LogP contribution in [0.1, 0.15) is 39.2 Å². The minimum absolute atomic E-state index is 0.0392. The molecule has 1 heterocycles. The van der Waals surface area contributed by atoms with Crippen LogP contribution < -0.4 is 5.73 Å². The smallest absolute Gasteiger partial charge is 0.410 e. The van der Waals surface area contributed by atoms with E-state index in [4.69, 9.17) is 15.2 Å². The van der Waals surface area contributed by atoms with Crippen molar-refractivity contribution in [3.63, 3.8) is 0 Å². The number of hydrogen-bond donors (Lipinski definition) is 1. The molecule has 1 saturated heterocycles. The molecule has 2 rings (SSSR count). The van der Waals surface area contributed by atoms with Crippen molar-refractivity contribution in [3.8, 4) is 0 Å². The highest BCUT2D eigenvalue weighted by molar-refractivity contribution is 5.68. The number of hydrogen-bond acceptors (Lipinski definition) is 4. The lowest BCUT2D eigenvalue weighted by Gasteiger charge is -2.28. The van der Waals surface area contributed by atoms with Gasteiger partial charge in [-0.1, -0.05) is 30.3 Å². The molecular weight excluding hydrogens is 292 g/mol. The van der Waals surface area contributed by atoms with Gasteiger partial charge in [0.15, 0.2) is 0 Å². The van der Waals surface area contributed by atoms with Gasteiger partial charge in [-0.2, -0.15) is 0 Å². The number of amides is 1. The molecule has 0 aromatic heterocycles. The highest BCUT2D eigenvalue weighted by Crippen LogP contribution is 2.18. The van der Waals surface area contributed by atoms with Gasteiger partial charge >= 0.3 is 6.09 Å². The van der Waals surface area contributed by atoms with E-state index in [0.29, 0.717) is 19.7 Å². The molecule has 5 nitrogen and oxygen atoms in total. The molecule has 23 heavy (non-hydrogen) atoms. The second-order valence-electron chi connectivity index (χ2n) is 7.07. The third-order valence-corrected chi connectivity index (χ3v) is 3.78. The number of benzene rings is 1. The van der Waals surface area contributed by atoms with Crippen LogP contribution >= 0.6 is 0 Å². The van der Waals surface area contributed by atoms with Crippen LogP contribution in [0.4, 0.5) is 4.79 Å². The zero-order valence-electron chi connectivity index (χ0n) is 14.3. The molecule has 2 atom stereocenters. The number of nitrogens with two attached hydrogens (primary N) is 1. The molecule has 1 aliphatic heterocycles. The summed E-state index contributed by atoms with van der Waals surface area (Å²) < 4.78 is 11.4. The van der Waals surface area contributed by atoms with E-state index in [1.165, 1.54) is 0 Å². The van der Waals surface area contributed by atoms with Crippen LogP contribution in [0.2, 0.25) is 0 Å². The first-order valence-corrected chi connectivity index (χ1v) is 8.24. The van der Waals surface area contributed by atoms with E-state index < -0.39 is 5.60 Å². The Hall–Kier alpha value is -1.59. The summed E-state index contributed by atoms with van der Waals surface area (Å²) in [6.45, 7) is 7.28. The van der Waals surface area contributed by atoms with Crippen LogP contribution in [0.15, 0.2) is 30.3 Å². The Bertz CT molecular complexity index is 499. The van der Waals surface area contributed by atoms with Gasteiger partial charge in [0.1, 0.15) is 5.60 Å². The van der Waals surface area contributed by atoms with Crippen molar-refractivity contribution in [1.82, 2.24) is 4.90 Å². The molecule has 1 amide bonds. The molecule has 1 aromatic carbocycles. The Labute approximate surface area is 138 Å². The fourth-order valence-corrected chi connectivity index (χ4v) is 2.64. The van der Waals surface area contributed by atoms with Crippen molar-refractivity contribution >= 4 is 6.09 Å². The number of likely N-dealkylation sites (tertiary alicyclic amines) is 1. The monoisotopic (exact) mass is 320 g/mol. The lowest BCUT2D eigenvalue weighted by Crippen LogP contribution is -2.46. The molecule has 0 radical (unpaired) electrons. The Kier molecular flexibility index (Phi) is 6.02. The predicted octanol–water partition coefficient (Wildman–Crippen LogP) is 2.93. The van der Waals surface area contributed by atoms with E-state index in [1.807, 2.05) is 51.1 Å². The normalized spacial score (nSPS) is 22.5. The van der Waals surface area contributed by atoms with Gasteiger partial charge in [0.25, 0.3) is 0 Å². The molecule has 1 fully saturated rings. The largest absolute Gasteiger partial charge is 0.444 e. The molecule has 0 bridgehead atoms. The lowest BCUT2D eigenvalue weighted by atomic mass is 10.1. The zero-order valence-corrected chi connectivity index (χ0v) is 14.3. The summed E-state index contributed by atoms with van der Waals surface area (Å²) in [6, 6.07) is 9.85. The third kappa shape index (κ3) is 5.84. The molecule has 1 aliphatic rings. The van der Waals surface area contributed by atoms with Crippen LogP contribution in [0.5, 0.6) is 0 Å². The molecule has 1 aromatic rings.